The molecule has 2 heteroatoms. The Morgan fingerprint density at radius 1 is 1.05 bits per heavy atom. The summed E-state index contributed by atoms with van der Waals surface area (Å²) in [5, 5.41) is 3.77. The molecule has 1 aromatic heterocycles. The molecule has 1 saturated carbocycles. The predicted molar refractivity (Wildman–Crippen MR) is 77.7 cm³/mol. The van der Waals surface area contributed by atoms with Crippen molar-refractivity contribution in [3.63, 3.8) is 0 Å². The normalized spacial score (nSPS) is 17.9. The molecule has 19 heavy (non-hydrogen) atoms. The summed E-state index contributed by atoms with van der Waals surface area (Å²) >= 11 is 0. The summed E-state index contributed by atoms with van der Waals surface area (Å²) in [6, 6.07) is 15.7. The molecule has 0 radical (unpaired) electrons. The van der Waals surface area contributed by atoms with Gasteiger partial charge in [-0.05, 0) is 42.9 Å². The van der Waals surface area contributed by atoms with Crippen LogP contribution in [0.4, 0.5) is 0 Å². The van der Waals surface area contributed by atoms with E-state index in [1.165, 1.54) is 24.0 Å². The van der Waals surface area contributed by atoms with E-state index >= 15 is 0 Å². The van der Waals surface area contributed by atoms with Crippen LogP contribution in [0.3, 0.4) is 0 Å². The zero-order valence-electron chi connectivity index (χ0n) is 11.3. The second kappa shape index (κ2) is 5.54. The molecule has 2 atom stereocenters. The van der Waals surface area contributed by atoms with Gasteiger partial charge >= 0.3 is 0 Å². The summed E-state index contributed by atoms with van der Waals surface area (Å²) in [4.78, 5) is 4.21. The maximum atomic E-state index is 4.21. The van der Waals surface area contributed by atoms with Gasteiger partial charge in [-0.3, -0.25) is 4.98 Å². The monoisotopic (exact) mass is 252 g/mol. The zero-order valence-corrected chi connectivity index (χ0v) is 11.3. The molecular weight excluding hydrogens is 232 g/mol. The lowest BCUT2D eigenvalue weighted by Crippen LogP contribution is -2.26. The van der Waals surface area contributed by atoms with Crippen LogP contribution in [0.5, 0.6) is 0 Å². The van der Waals surface area contributed by atoms with Gasteiger partial charge in [0, 0.05) is 24.5 Å². The highest BCUT2D eigenvalue weighted by Gasteiger charge is 2.32. The van der Waals surface area contributed by atoms with Gasteiger partial charge in [0.1, 0.15) is 0 Å². The van der Waals surface area contributed by atoms with Gasteiger partial charge in [-0.15, -0.1) is 0 Å². The lowest BCUT2D eigenvalue weighted by molar-refractivity contribution is 0.427. The molecule has 1 aromatic carbocycles. The number of nitrogens with one attached hydrogen (secondary N) is 1. The number of hydrogen-bond acceptors (Lipinski definition) is 2. The average molecular weight is 252 g/mol. The van der Waals surface area contributed by atoms with Crippen LogP contribution in [0.2, 0.25) is 0 Å². The van der Waals surface area contributed by atoms with E-state index in [4.69, 9.17) is 0 Å². The van der Waals surface area contributed by atoms with E-state index in [0.717, 1.165) is 5.92 Å². The Bertz CT molecular complexity index is 505. The highest BCUT2D eigenvalue weighted by Crippen LogP contribution is 2.42. The van der Waals surface area contributed by atoms with Crippen LogP contribution < -0.4 is 5.32 Å². The fourth-order valence-electron chi connectivity index (χ4n) is 2.59. The molecule has 1 aliphatic carbocycles. The quantitative estimate of drug-likeness (QED) is 0.873. The van der Waals surface area contributed by atoms with Crippen molar-refractivity contribution in [2.45, 2.75) is 31.8 Å². The molecule has 1 N–H and O–H groups in total. The summed E-state index contributed by atoms with van der Waals surface area (Å²) in [6.07, 6.45) is 6.46. The Hall–Kier alpha value is -1.67. The van der Waals surface area contributed by atoms with Crippen molar-refractivity contribution >= 4 is 0 Å². The molecule has 2 nitrogen and oxygen atoms in total. The minimum Gasteiger partial charge on any atom is -0.303 e. The molecule has 0 spiro atoms. The van der Waals surface area contributed by atoms with E-state index in [2.05, 4.69) is 53.6 Å². The first-order valence-electron chi connectivity index (χ1n) is 7.05. The number of benzene rings is 1. The Morgan fingerprint density at radius 2 is 1.79 bits per heavy atom. The molecule has 1 heterocycles. The van der Waals surface area contributed by atoms with Crippen LogP contribution in [-0.4, -0.2) is 4.98 Å². The highest BCUT2D eigenvalue weighted by atomic mass is 15.0. The maximum absolute atomic E-state index is 4.21. The summed E-state index contributed by atoms with van der Waals surface area (Å²) in [6.45, 7) is 2.22. The largest absolute Gasteiger partial charge is 0.303 e. The number of rotatable bonds is 5. The summed E-state index contributed by atoms with van der Waals surface area (Å²) in [7, 11) is 0. The van der Waals surface area contributed by atoms with Crippen molar-refractivity contribution in [3.05, 3.63) is 66.0 Å². The van der Waals surface area contributed by atoms with Gasteiger partial charge in [-0.1, -0.05) is 36.4 Å². The minimum atomic E-state index is 0.333. The first-order chi connectivity index (χ1) is 9.34. The third kappa shape index (κ3) is 3.02. The Balaban J connectivity index is 1.76. The summed E-state index contributed by atoms with van der Waals surface area (Å²) < 4.78 is 0. The van der Waals surface area contributed by atoms with E-state index in [0.29, 0.717) is 12.1 Å². The van der Waals surface area contributed by atoms with E-state index in [9.17, 15) is 0 Å². The van der Waals surface area contributed by atoms with Gasteiger partial charge in [-0.25, -0.2) is 0 Å². The summed E-state index contributed by atoms with van der Waals surface area (Å²) in [5.41, 5.74) is 2.66. The van der Waals surface area contributed by atoms with Crippen LogP contribution in [-0.2, 0) is 0 Å². The highest BCUT2D eigenvalue weighted by molar-refractivity contribution is 5.22. The van der Waals surface area contributed by atoms with Crippen molar-refractivity contribution in [2.75, 3.05) is 0 Å². The average Bonchev–Trinajstić information content (AvgIpc) is 3.31. The molecule has 0 saturated heterocycles. The summed E-state index contributed by atoms with van der Waals surface area (Å²) in [5.74, 6) is 0.793. The van der Waals surface area contributed by atoms with Crippen molar-refractivity contribution in [3.8, 4) is 0 Å². The molecule has 1 aliphatic rings. The van der Waals surface area contributed by atoms with Crippen LogP contribution in [0.25, 0.3) is 0 Å². The first kappa shape index (κ1) is 12.4. The molecule has 0 bridgehead atoms. The first-order valence-corrected chi connectivity index (χ1v) is 7.05. The third-order valence-electron chi connectivity index (χ3n) is 3.87. The fraction of sp³-hybridized carbons (Fsp3) is 0.353. The topological polar surface area (TPSA) is 24.9 Å². The molecule has 1 fully saturated rings. The number of nitrogens with zero attached hydrogens (tertiary/aromatic N) is 1. The van der Waals surface area contributed by atoms with Crippen LogP contribution in [0.15, 0.2) is 54.9 Å². The van der Waals surface area contributed by atoms with E-state index in [-0.39, 0.29) is 0 Å². The molecule has 3 rings (SSSR count). The van der Waals surface area contributed by atoms with Gasteiger partial charge in [-0.2, -0.15) is 0 Å². The van der Waals surface area contributed by atoms with E-state index in [1.807, 2.05) is 18.5 Å². The van der Waals surface area contributed by atoms with Crippen LogP contribution >= 0.6 is 0 Å². The van der Waals surface area contributed by atoms with Gasteiger partial charge < -0.3 is 5.32 Å². The SMILES string of the molecule is C[C@@H](NC(c1ccccc1)C1CC1)c1cccnc1. The maximum Gasteiger partial charge on any atom is 0.0353 e. The molecule has 0 amide bonds. The molecule has 98 valence electrons. The van der Waals surface area contributed by atoms with Gasteiger partial charge in [0.05, 0.1) is 0 Å². The Kier molecular flexibility index (Phi) is 3.60. The molecular formula is C17H20N2. The fourth-order valence-corrected chi connectivity index (χ4v) is 2.59. The standard InChI is InChI=1S/C17H20N2/c1-13(16-8-5-11-18-12-16)19-17(15-9-10-15)14-6-3-2-4-7-14/h2-8,11-13,15,17,19H,9-10H2,1H3/t13-,17?/m1/s1. The van der Waals surface area contributed by atoms with Crippen LogP contribution in [0, 0.1) is 5.92 Å². The van der Waals surface area contributed by atoms with E-state index in [1.54, 1.807) is 0 Å². The van der Waals surface area contributed by atoms with E-state index < -0.39 is 0 Å². The number of hydrogen-bond donors (Lipinski definition) is 1. The van der Waals surface area contributed by atoms with Crippen molar-refractivity contribution in [1.82, 2.24) is 10.3 Å². The second-order valence-electron chi connectivity index (χ2n) is 5.40. The smallest absolute Gasteiger partial charge is 0.0353 e. The van der Waals surface area contributed by atoms with Crippen LogP contribution in [0.1, 0.15) is 43.0 Å². The molecule has 1 unspecified atom stereocenters. The number of aromatic nitrogens is 1. The molecule has 2 aromatic rings. The van der Waals surface area contributed by atoms with Gasteiger partial charge in [0.15, 0.2) is 0 Å². The third-order valence-corrected chi connectivity index (χ3v) is 3.87. The van der Waals surface area contributed by atoms with Crippen molar-refractivity contribution < 1.29 is 0 Å². The Morgan fingerprint density at radius 3 is 2.42 bits per heavy atom. The zero-order chi connectivity index (χ0) is 13.1. The lowest BCUT2D eigenvalue weighted by Gasteiger charge is -2.24. The Labute approximate surface area is 114 Å². The second-order valence-corrected chi connectivity index (χ2v) is 5.40. The van der Waals surface area contributed by atoms with Crippen molar-refractivity contribution in [1.29, 1.82) is 0 Å². The minimum absolute atomic E-state index is 0.333. The number of pyridine rings is 1. The van der Waals surface area contributed by atoms with Gasteiger partial charge in [0.25, 0.3) is 0 Å². The predicted octanol–water partition coefficient (Wildman–Crippen LogP) is 3.88. The molecule has 0 aliphatic heterocycles. The van der Waals surface area contributed by atoms with Crippen molar-refractivity contribution in [2.24, 2.45) is 5.92 Å². The van der Waals surface area contributed by atoms with Gasteiger partial charge in [0.2, 0.25) is 0 Å². The lowest BCUT2D eigenvalue weighted by atomic mass is 10.00.